The van der Waals surface area contributed by atoms with E-state index in [1.165, 1.54) is 12.7 Å². The molecule has 1 rings (SSSR count). The van der Waals surface area contributed by atoms with Crippen molar-refractivity contribution in [2.75, 3.05) is 13.1 Å². The van der Waals surface area contributed by atoms with E-state index >= 15 is 0 Å². The van der Waals surface area contributed by atoms with E-state index in [9.17, 15) is 0 Å². The van der Waals surface area contributed by atoms with Crippen LogP contribution < -0.4 is 5.73 Å². The van der Waals surface area contributed by atoms with Gasteiger partial charge in [-0.1, -0.05) is 6.58 Å². The Balaban J connectivity index is 2.34. The van der Waals surface area contributed by atoms with Gasteiger partial charge in [0.2, 0.25) is 0 Å². The fraction of sp³-hybridized carbons (Fsp3) is 0.571. The van der Waals surface area contributed by atoms with E-state index in [2.05, 4.69) is 11.6 Å². The predicted octanol–water partition coefficient (Wildman–Crippen LogP) is -0.0991. The summed E-state index contributed by atoms with van der Waals surface area (Å²) in [7, 11) is 0. The Bertz CT molecular complexity index is 151. The van der Waals surface area contributed by atoms with Crippen LogP contribution in [0.2, 0.25) is 0 Å². The fourth-order valence-electron chi connectivity index (χ4n) is 0.935. The van der Waals surface area contributed by atoms with E-state index in [0.717, 1.165) is 0 Å². The molecule has 2 unspecified atom stereocenters. The van der Waals surface area contributed by atoms with Gasteiger partial charge in [0.05, 0.1) is 12.8 Å². The Morgan fingerprint density at radius 3 is 3.27 bits per heavy atom. The number of nitrogens with zero attached hydrogens (tertiary/aromatic N) is 1. The summed E-state index contributed by atoms with van der Waals surface area (Å²) in [6.07, 6.45) is 2.63. The molecule has 11 heavy (non-hydrogen) atoms. The Kier molecular flexibility index (Phi) is 2.92. The third kappa shape index (κ3) is 1.94. The van der Waals surface area contributed by atoms with E-state index in [4.69, 9.17) is 15.2 Å². The van der Waals surface area contributed by atoms with Crippen molar-refractivity contribution in [2.45, 2.75) is 12.2 Å². The van der Waals surface area contributed by atoms with Crippen molar-refractivity contribution in [1.82, 2.24) is 0 Å². The van der Waals surface area contributed by atoms with Gasteiger partial charge in [-0.3, -0.25) is 4.99 Å². The summed E-state index contributed by atoms with van der Waals surface area (Å²) in [5.41, 5.74) is 5.43. The lowest BCUT2D eigenvalue weighted by Gasteiger charge is -2.19. The van der Waals surface area contributed by atoms with Crippen LogP contribution in [0.4, 0.5) is 0 Å². The van der Waals surface area contributed by atoms with Crippen LogP contribution in [0, 0.1) is 0 Å². The number of hydrogen-bond acceptors (Lipinski definition) is 4. The second kappa shape index (κ2) is 3.98. The van der Waals surface area contributed by atoms with Gasteiger partial charge in [0.1, 0.15) is 6.10 Å². The van der Waals surface area contributed by atoms with Crippen molar-refractivity contribution in [1.29, 1.82) is 0 Å². The van der Waals surface area contributed by atoms with Crippen molar-refractivity contribution in [3.63, 3.8) is 0 Å². The number of rotatable bonds is 4. The molecule has 0 saturated carbocycles. The Labute approximate surface area is 65.7 Å². The van der Waals surface area contributed by atoms with E-state index in [1.807, 2.05) is 0 Å². The zero-order chi connectivity index (χ0) is 8.10. The molecule has 2 atom stereocenters. The first-order valence-corrected chi connectivity index (χ1v) is 3.48. The molecule has 0 radical (unpaired) electrons. The van der Waals surface area contributed by atoms with Crippen molar-refractivity contribution in [3.8, 4) is 0 Å². The molecule has 0 aliphatic carbocycles. The number of hydrogen-bond donors (Lipinski definition) is 1. The highest BCUT2D eigenvalue weighted by Crippen LogP contribution is 2.07. The lowest BCUT2D eigenvalue weighted by molar-refractivity contribution is 0.0427. The molecule has 1 heterocycles. The van der Waals surface area contributed by atoms with Gasteiger partial charge < -0.3 is 15.2 Å². The largest absolute Gasteiger partial charge is 0.493 e. The zero-order valence-corrected chi connectivity index (χ0v) is 6.27. The highest BCUT2D eigenvalue weighted by molar-refractivity contribution is 5.49. The molecule has 62 valence electrons. The zero-order valence-electron chi connectivity index (χ0n) is 6.27. The second-order valence-electron chi connectivity index (χ2n) is 2.22. The number of nitrogens with two attached hydrogens (primary N) is 1. The minimum absolute atomic E-state index is 0.0435. The average molecular weight is 156 g/mol. The van der Waals surface area contributed by atoms with E-state index in [-0.39, 0.29) is 12.2 Å². The molecule has 1 aliphatic heterocycles. The normalized spacial score (nSPS) is 24.3. The third-order valence-electron chi connectivity index (χ3n) is 1.51. The molecule has 4 nitrogen and oxygen atoms in total. The summed E-state index contributed by atoms with van der Waals surface area (Å²) in [6, 6.07) is 0. The van der Waals surface area contributed by atoms with Gasteiger partial charge in [0.25, 0.3) is 0 Å². The summed E-state index contributed by atoms with van der Waals surface area (Å²) < 4.78 is 10.2. The van der Waals surface area contributed by atoms with Crippen LogP contribution >= 0.6 is 0 Å². The molecule has 0 amide bonds. The Hall–Kier alpha value is -1.03. The van der Waals surface area contributed by atoms with E-state index in [0.29, 0.717) is 13.1 Å². The molecular weight excluding hydrogens is 144 g/mol. The molecule has 0 fully saturated rings. The molecular formula is C7H12N2O2. The van der Waals surface area contributed by atoms with Crippen molar-refractivity contribution < 1.29 is 9.47 Å². The molecule has 0 aromatic rings. The van der Waals surface area contributed by atoms with E-state index in [1.54, 1.807) is 0 Å². The molecule has 0 saturated heterocycles. The summed E-state index contributed by atoms with van der Waals surface area (Å²) in [6.45, 7) is 4.48. The summed E-state index contributed by atoms with van der Waals surface area (Å²) in [4.78, 5) is 3.90. The van der Waals surface area contributed by atoms with Crippen LogP contribution in [-0.2, 0) is 9.47 Å². The van der Waals surface area contributed by atoms with Gasteiger partial charge >= 0.3 is 0 Å². The van der Waals surface area contributed by atoms with Gasteiger partial charge in [-0.25, -0.2) is 0 Å². The first kappa shape index (κ1) is 8.07. The Morgan fingerprint density at radius 1 is 2.00 bits per heavy atom. The smallest absolute Gasteiger partial charge is 0.170 e. The number of ether oxygens (including phenoxy) is 2. The second-order valence-corrected chi connectivity index (χ2v) is 2.22. The molecule has 0 spiro atoms. The molecule has 0 bridgehead atoms. The highest BCUT2D eigenvalue weighted by atomic mass is 16.5. The minimum atomic E-state index is -0.130. The molecule has 4 heteroatoms. The lowest BCUT2D eigenvalue weighted by atomic mass is 10.2. The van der Waals surface area contributed by atoms with Gasteiger partial charge in [-0.15, -0.1) is 0 Å². The lowest BCUT2D eigenvalue weighted by Crippen LogP contribution is -2.36. The Morgan fingerprint density at radius 2 is 2.82 bits per heavy atom. The summed E-state index contributed by atoms with van der Waals surface area (Å²) in [5, 5.41) is 0. The molecule has 2 N–H and O–H groups in total. The molecule has 1 aliphatic rings. The van der Waals surface area contributed by atoms with Crippen LogP contribution in [0.5, 0.6) is 0 Å². The fourth-order valence-corrected chi connectivity index (χ4v) is 0.935. The van der Waals surface area contributed by atoms with Crippen molar-refractivity contribution in [2.24, 2.45) is 10.7 Å². The first-order valence-electron chi connectivity index (χ1n) is 3.48. The van der Waals surface area contributed by atoms with Gasteiger partial charge in [-0.2, -0.15) is 0 Å². The van der Waals surface area contributed by atoms with Crippen LogP contribution in [-0.4, -0.2) is 31.7 Å². The van der Waals surface area contributed by atoms with Crippen molar-refractivity contribution >= 4 is 6.40 Å². The predicted molar refractivity (Wildman–Crippen MR) is 42.4 cm³/mol. The van der Waals surface area contributed by atoms with Crippen LogP contribution in [0.3, 0.4) is 0 Å². The third-order valence-corrected chi connectivity index (χ3v) is 1.51. The topological polar surface area (TPSA) is 56.8 Å². The average Bonchev–Trinajstić information content (AvgIpc) is 2.52. The van der Waals surface area contributed by atoms with Crippen LogP contribution in [0.15, 0.2) is 17.8 Å². The standard InChI is InChI=1S/C7H12N2O2/c1-2-10-6(3-8)7-4-9-5-11-7/h2,5-7H,1,3-4,8H2. The highest BCUT2D eigenvalue weighted by Gasteiger charge is 2.23. The maximum absolute atomic E-state index is 5.43. The van der Waals surface area contributed by atoms with Crippen LogP contribution in [0.1, 0.15) is 0 Å². The van der Waals surface area contributed by atoms with Crippen LogP contribution in [0.25, 0.3) is 0 Å². The van der Waals surface area contributed by atoms with Gasteiger partial charge in [-0.05, 0) is 0 Å². The van der Waals surface area contributed by atoms with E-state index < -0.39 is 0 Å². The van der Waals surface area contributed by atoms with Gasteiger partial charge in [0.15, 0.2) is 12.5 Å². The van der Waals surface area contributed by atoms with Crippen molar-refractivity contribution in [3.05, 3.63) is 12.8 Å². The minimum Gasteiger partial charge on any atom is -0.493 e. The first-order chi connectivity index (χ1) is 5.38. The van der Waals surface area contributed by atoms with Gasteiger partial charge in [0, 0.05) is 6.54 Å². The monoisotopic (exact) mass is 156 g/mol. The summed E-state index contributed by atoms with van der Waals surface area (Å²) >= 11 is 0. The molecule has 0 aromatic carbocycles. The maximum atomic E-state index is 5.43. The maximum Gasteiger partial charge on any atom is 0.170 e. The SMILES string of the molecule is C=COC(CN)C1CN=CO1. The number of aliphatic imine (C=N–C) groups is 1. The molecule has 0 aromatic heterocycles. The summed E-state index contributed by atoms with van der Waals surface area (Å²) in [5.74, 6) is 0. The quantitative estimate of drug-likeness (QED) is 0.578.